The number of esters is 1. The van der Waals surface area contributed by atoms with E-state index in [0.29, 0.717) is 18.0 Å². The summed E-state index contributed by atoms with van der Waals surface area (Å²) in [5.74, 6) is 0.0771. The summed E-state index contributed by atoms with van der Waals surface area (Å²) in [4.78, 5) is 21.0. The fourth-order valence-corrected chi connectivity index (χ4v) is 3.55. The van der Waals surface area contributed by atoms with Gasteiger partial charge in [0.15, 0.2) is 0 Å². The van der Waals surface area contributed by atoms with Crippen LogP contribution < -0.4 is 10.1 Å². The molecule has 0 saturated heterocycles. The Balaban J connectivity index is 1.37. The number of rotatable bonds is 8. The Bertz CT molecular complexity index is 1120. The molecule has 0 radical (unpaired) electrons. The van der Waals surface area contributed by atoms with E-state index in [1.165, 1.54) is 18.2 Å². The van der Waals surface area contributed by atoms with Gasteiger partial charge in [0, 0.05) is 29.9 Å². The Labute approximate surface area is 188 Å². The Morgan fingerprint density at radius 2 is 1.97 bits per heavy atom. The normalized spacial score (nSPS) is 17.3. The number of nitrogens with zero attached hydrogens (tertiary/aromatic N) is 2. The van der Waals surface area contributed by atoms with Crippen molar-refractivity contribution in [2.24, 2.45) is 5.92 Å². The summed E-state index contributed by atoms with van der Waals surface area (Å²) < 4.78 is 46.2. The molecule has 1 saturated carbocycles. The fourth-order valence-electron chi connectivity index (χ4n) is 3.55. The minimum atomic E-state index is -4.73. The second-order valence-corrected chi connectivity index (χ2v) is 7.63. The van der Waals surface area contributed by atoms with Gasteiger partial charge in [0.25, 0.3) is 0 Å². The number of ether oxygens (including phenoxy) is 2. The van der Waals surface area contributed by atoms with Crippen molar-refractivity contribution in [1.82, 2.24) is 9.97 Å². The van der Waals surface area contributed by atoms with Crippen LogP contribution in [0, 0.1) is 5.92 Å². The molecule has 0 amide bonds. The molecule has 1 fully saturated rings. The molecule has 1 aliphatic rings. The van der Waals surface area contributed by atoms with Gasteiger partial charge in [-0.2, -0.15) is 0 Å². The molecular weight excluding hydrogens is 435 g/mol. The predicted molar refractivity (Wildman–Crippen MR) is 115 cm³/mol. The first-order valence-corrected chi connectivity index (χ1v) is 10.5. The van der Waals surface area contributed by atoms with Gasteiger partial charge >= 0.3 is 12.3 Å². The number of aromatic nitrogens is 2. The van der Waals surface area contributed by atoms with Crippen molar-refractivity contribution >= 4 is 11.8 Å². The van der Waals surface area contributed by atoms with E-state index in [0.717, 1.165) is 23.4 Å². The quantitative estimate of drug-likeness (QED) is 0.462. The lowest BCUT2D eigenvalue weighted by Gasteiger charge is -2.11. The second kappa shape index (κ2) is 9.48. The van der Waals surface area contributed by atoms with Crippen molar-refractivity contribution < 1.29 is 27.4 Å². The number of carbonyl (C=O) groups is 1. The van der Waals surface area contributed by atoms with Gasteiger partial charge in [-0.25, -0.2) is 4.98 Å². The lowest BCUT2D eigenvalue weighted by Crippen LogP contribution is -2.17. The zero-order valence-electron chi connectivity index (χ0n) is 17.8. The first kappa shape index (κ1) is 22.6. The number of nitrogens with one attached hydrogen (secondary N) is 1. The van der Waals surface area contributed by atoms with Crippen molar-refractivity contribution in [3.63, 3.8) is 0 Å². The maximum absolute atomic E-state index is 12.4. The van der Waals surface area contributed by atoms with Gasteiger partial charge in [-0.1, -0.05) is 18.2 Å². The number of hydrogen-bond donors (Lipinski definition) is 1. The van der Waals surface area contributed by atoms with Crippen LogP contribution in [0.15, 0.2) is 60.8 Å². The van der Waals surface area contributed by atoms with Crippen molar-refractivity contribution in [3.05, 3.63) is 72.1 Å². The number of alkyl halides is 3. The average molecular weight is 457 g/mol. The zero-order chi connectivity index (χ0) is 23.4. The molecule has 1 aromatic carbocycles. The molecule has 2 atom stereocenters. The van der Waals surface area contributed by atoms with E-state index in [1.807, 2.05) is 24.3 Å². The van der Waals surface area contributed by atoms with Gasteiger partial charge in [0.1, 0.15) is 11.6 Å². The van der Waals surface area contributed by atoms with E-state index in [9.17, 15) is 18.0 Å². The summed E-state index contributed by atoms with van der Waals surface area (Å²) >= 11 is 0. The van der Waals surface area contributed by atoms with E-state index < -0.39 is 6.36 Å². The monoisotopic (exact) mass is 457 g/mol. The Hall–Kier alpha value is -3.62. The molecule has 4 rings (SSSR count). The van der Waals surface area contributed by atoms with E-state index in [1.54, 1.807) is 25.3 Å². The molecule has 33 heavy (non-hydrogen) atoms. The van der Waals surface area contributed by atoms with Gasteiger partial charge in [-0.15, -0.1) is 13.2 Å². The van der Waals surface area contributed by atoms with E-state index >= 15 is 0 Å². The fraction of sp³-hybridized carbons (Fsp3) is 0.292. The van der Waals surface area contributed by atoms with Gasteiger partial charge in [0.05, 0.1) is 18.2 Å². The molecule has 0 spiro atoms. The number of hydrogen-bond acceptors (Lipinski definition) is 6. The molecule has 0 bridgehead atoms. The van der Waals surface area contributed by atoms with Crippen LogP contribution in [-0.2, 0) is 16.1 Å². The first-order valence-electron chi connectivity index (χ1n) is 10.5. The topological polar surface area (TPSA) is 73.3 Å². The maximum Gasteiger partial charge on any atom is 0.573 e. The molecular formula is C24H22F3N3O3. The molecule has 1 aliphatic carbocycles. The summed E-state index contributed by atoms with van der Waals surface area (Å²) in [6.07, 6.45) is -2.31. The Morgan fingerprint density at radius 3 is 2.70 bits per heavy atom. The molecule has 9 heteroatoms. The Kier molecular flexibility index (Phi) is 6.48. The molecule has 172 valence electrons. The van der Waals surface area contributed by atoms with Crippen molar-refractivity contribution in [1.29, 1.82) is 0 Å². The lowest BCUT2D eigenvalue weighted by atomic mass is 10.1. The van der Waals surface area contributed by atoms with Crippen LogP contribution in [0.3, 0.4) is 0 Å². The summed E-state index contributed by atoms with van der Waals surface area (Å²) in [6, 6.07) is 15.1. The summed E-state index contributed by atoms with van der Waals surface area (Å²) in [6.45, 7) is 2.44. The van der Waals surface area contributed by atoms with E-state index in [2.05, 4.69) is 20.0 Å². The van der Waals surface area contributed by atoms with Gasteiger partial charge in [-0.05, 0) is 55.3 Å². The Morgan fingerprint density at radius 1 is 1.15 bits per heavy atom. The molecule has 1 N–H and O–H groups in total. The lowest BCUT2D eigenvalue weighted by molar-refractivity contribution is -0.274. The number of halogens is 3. The molecule has 3 aromatic rings. The average Bonchev–Trinajstić information content (AvgIpc) is 3.59. The third-order valence-electron chi connectivity index (χ3n) is 5.20. The minimum Gasteiger partial charge on any atom is -0.466 e. The van der Waals surface area contributed by atoms with Crippen LogP contribution >= 0.6 is 0 Å². The van der Waals surface area contributed by atoms with E-state index in [-0.39, 0.29) is 30.1 Å². The van der Waals surface area contributed by atoms with Crippen LogP contribution in [0.4, 0.5) is 19.0 Å². The minimum absolute atomic E-state index is 0.0787. The molecule has 0 aliphatic heterocycles. The predicted octanol–water partition coefficient (Wildman–Crippen LogP) is 5.32. The first-order chi connectivity index (χ1) is 15.8. The number of carbonyl (C=O) groups excluding carboxylic acids is 1. The standard InChI is InChI=1S/C24H22F3N3O3/c1-2-32-23(31)19-12-18(19)21-8-4-7-20(30-21)16-9-10-22(29-14-16)28-13-15-5-3-6-17(11-15)33-24(25,26)27/h3-11,14,18-19H,2,12-13H2,1H3,(H,28,29)/t18-,19-/m0/s1. The maximum atomic E-state index is 12.4. The highest BCUT2D eigenvalue weighted by atomic mass is 19.4. The van der Waals surface area contributed by atoms with Crippen molar-refractivity contribution in [2.75, 3.05) is 11.9 Å². The SMILES string of the molecule is CCOC(=O)[C@H]1C[C@@H]1c1cccc(-c2ccc(NCc3cccc(OC(F)(F)F)c3)nc2)n1. The van der Waals surface area contributed by atoms with E-state index in [4.69, 9.17) is 4.74 Å². The summed E-state index contributed by atoms with van der Waals surface area (Å²) in [7, 11) is 0. The van der Waals surface area contributed by atoms with Crippen molar-refractivity contribution in [2.45, 2.75) is 32.2 Å². The molecule has 2 heterocycles. The smallest absolute Gasteiger partial charge is 0.466 e. The number of benzene rings is 1. The summed E-state index contributed by atoms with van der Waals surface area (Å²) in [5.41, 5.74) is 3.04. The largest absolute Gasteiger partial charge is 0.573 e. The van der Waals surface area contributed by atoms with Crippen LogP contribution in [0.1, 0.15) is 30.5 Å². The highest BCUT2D eigenvalue weighted by molar-refractivity contribution is 5.77. The van der Waals surface area contributed by atoms with Crippen molar-refractivity contribution in [3.8, 4) is 17.0 Å². The molecule has 2 aromatic heterocycles. The van der Waals surface area contributed by atoms with Gasteiger partial charge in [-0.3, -0.25) is 9.78 Å². The van der Waals surface area contributed by atoms with Gasteiger partial charge < -0.3 is 14.8 Å². The van der Waals surface area contributed by atoms with Crippen LogP contribution in [0.2, 0.25) is 0 Å². The number of pyridine rings is 2. The second-order valence-electron chi connectivity index (χ2n) is 7.63. The van der Waals surface area contributed by atoms with Crippen LogP contribution in [0.5, 0.6) is 5.75 Å². The third kappa shape index (κ3) is 6.00. The van der Waals surface area contributed by atoms with Crippen LogP contribution in [-0.4, -0.2) is 28.9 Å². The highest BCUT2D eigenvalue weighted by Crippen LogP contribution is 2.47. The molecule has 0 unspecified atom stereocenters. The molecule has 6 nitrogen and oxygen atoms in total. The third-order valence-corrected chi connectivity index (χ3v) is 5.20. The van der Waals surface area contributed by atoms with Gasteiger partial charge in [0.2, 0.25) is 0 Å². The summed E-state index contributed by atoms with van der Waals surface area (Å²) in [5, 5.41) is 3.08. The zero-order valence-corrected chi connectivity index (χ0v) is 17.8. The van der Waals surface area contributed by atoms with Crippen LogP contribution in [0.25, 0.3) is 11.3 Å². The highest BCUT2D eigenvalue weighted by Gasteiger charge is 2.46. The number of anilines is 1.